The van der Waals surface area contributed by atoms with Crippen molar-refractivity contribution in [2.45, 2.75) is 6.10 Å². The van der Waals surface area contributed by atoms with E-state index in [1.165, 1.54) is 19.2 Å². The van der Waals surface area contributed by atoms with Gasteiger partial charge in [-0.3, -0.25) is 0 Å². The van der Waals surface area contributed by atoms with E-state index in [4.69, 9.17) is 16.3 Å². The smallest absolute Gasteiger partial charge is 0.153 e. The molecule has 13 heavy (non-hydrogen) atoms. The Kier molecular flexibility index (Phi) is 3.39. The van der Waals surface area contributed by atoms with Crippen molar-refractivity contribution in [3.05, 3.63) is 34.6 Å². The highest BCUT2D eigenvalue weighted by molar-refractivity contribution is 6.30. The maximum atomic E-state index is 12.9. The molecule has 0 spiro atoms. The zero-order chi connectivity index (χ0) is 9.84. The van der Waals surface area contributed by atoms with Crippen LogP contribution in [0.5, 0.6) is 0 Å². The van der Waals surface area contributed by atoms with Crippen LogP contribution in [0, 0.1) is 5.82 Å². The number of aldehydes is 1. The van der Waals surface area contributed by atoms with Crippen molar-refractivity contribution < 1.29 is 13.9 Å². The molecule has 0 heterocycles. The molecule has 0 bridgehead atoms. The van der Waals surface area contributed by atoms with Crippen LogP contribution < -0.4 is 0 Å². The Bertz CT molecular complexity index is 314. The SMILES string of the molecule is COC(C=O)c1ccc(Cl)c(F)c1. The van der Waals surface area contributed by atoms with E-state index in [0.717, 1.165) is 0 Å². The lowest BCUT2D eigenvalue weighted by Crippen LogP contribution is -2.02. The number of benzene rings is 1. The molecular formula is C9H8ClFO2. The third-order valence-electron chi connectivity index (χ3n) is 1.65. The van der Waals surface area contributed by atoms with Crippen LogP contribution in [-0.4, -0.2) is 13.4 Å². The second-order valence-electron chi connectivity index (χ2n) is 2.47. The molecular weight excluding hydrogens is 195 g/mol. The van der Waals surface area contributed by atoms with Crippen LogP contribution in [0.3, 0.4) is 0 Å². The molecule has 0 saturated carbocycles. The Balaban J connectivity index is 3.01. The fourth-order valence-electron chi connectivity index (χ4n) is 0.960. The van der Waals surface area contributed by atoms with Gasteiger partial charge in [-0.05, 0) is 17.7 Å². The van der Waals surface area contributed by atoms with Crippen LogP contribution >= 0.6 is 11.6 Å². The summed E-state index contributed by atoms with van der Waals surface area (Å²) in [5, 5.41) is 0.0319. The standard InChI is InChI=1S/C9H8ClFO2/c1-13-9(5-12)6-2-3-7(10)8(11)4-6/h2-5,9H,1H3. The van der Waals surface area contributed by atoms with Gasteiger partial charge in [0.05, 0.1) is 5.02 Å². The summed E-state index contributed by atoms with van der Waals surface area (Å²) < 4.78 is 17.7. The van der Waals surface area contributed by atoms with E-state index in [1.807, 2.05) is 0 Å². The first-order chi connectivity index (χ1) is 6.19. The number of carbonyl (C=O) groups is 1. The number of halogens is 2. The van der Waals surface area contributed by atoms with E-state index < -0.39 is 11.9 Å². The van der Waals surface area contributed by atoms with Crippen LogP contribution in [0.1, 0.15) is 11.7 Å². The van der Waals surface area contributed by atoms with E-state index in [2.05, 4.69) is 0 Å². The monoisotopic (exact) mass is 202 g/mol. The van der Waals surface area contributed by atoms with Gasteiger partial charge < -0.3 is 9.53 Å². The van der Waals surface area contributed by atoms with Gasteiger partial charge in [0.25, 0.3) is 0 Å². The van der Waals surface area contributed by atoms with Gasteiger partial charge in [-0.1, -0.05) is 17.7 Å². The van der Waals surface area contributed by atoms with Gasteiger partial charge in [0, 0.05) is 7.11 Å². The molecule has 0 aliphatic carbocycles. The van der Waals surface area contributed by atoms with Crippen molar-refractivity contribution in [2.75, 3.05) is 7.11 Å². The highest BCUT2D eigenvalue weighted by atomic mass is 35.5. The lowest BCUT2D eigenvalue weighted by Gasteiger charge is -2.08. The Hall–Kier alpha value is -0.930. The zero-order valence-corrected chi connectivity index (χ0v) is 7.72. The fraction of sp³-hybridized carbons (Fsp3) is 0.222. The second-order valence-corrected chi connectivity index (χ2v) is 2.87. The van der Waals surface area contributed by atoms with Crippen LogP contribution in [0.4, 0.5) is 4.39 Å². The second kappa shape index (κ2) is 4.35. The van der Waals surface area contributed by atoms with Crippen molar-refractivity contribution in [1.82, 2.24) is 0 Å². The Morgan fingerprint density at radius 1 is 1.62 bits per heavy atom. The molecule has 0 aromatic heterocycles. The van der Waals surface area contributed by atoms with Crippen LogP contribution in [0.2, 0.25) is 5.02 Å². The zero-order valence-electron chi connectivity index (χ0n) is 6.96. The van der Waals surface area contributed by atoms with Gasteiger partial charge in [0.2, 0.25) is 0 Å². The molecule has 0 aliphatic rings. The Labute approximate surface area is 80.3 Å². The van der Waals surface area contributed by atoms with E-state index in [9.17, 15) is 9.18 Å². The van der Waals surface area contributed by atoms with Gasteiger partial charge in [0.15, 0.2) is 6.29 Å². The van der Waals surface area contributed by atoms with Crippen LogP contribution in [0.25, 0.3) is 0 Å². The third-order valence-corrected chi connectivity index (χ3v) is 1.96. The number of carbonyl (C=O) groups excluding carboxylic acids is 1. The molecule has 0 saturated heterocycles. The predicted molar refractivity (Wildman–Crippen MR) is 47.2 cm³/mol. The summed E-state index contributed by atoms with van der Waals surface area (Å²) in [6.45, 7) is 0. The number of hydrogen-bond acceptors (Lipinski definition) is 2. The molecule has 0 N–H and O–H groups in total. The van der Waals surface area contributed by atoms with Crippen LogP contribution in [0.15, 0.2) is 18.2 Å². The molecule has 0 amide bonds. The van der Waals surface area contributed by atoms with Gasteiger partial charge in [-0.2, -0.15) is 0 Å². The van der Waals surface area contributed by atoms with Gasteiger partial charge in [-0.15, -0.1) is 0 Å². The maximum absolute atomic E-state index is 12.9. The van der Waals surface area contributed by atoms with Crippen molar-refractivity contribution in [3.8, 4) is 0 Å². The highest BCUT2D eigenvalue weighted by Crippen LogP contribution is 2.20. The molecule has 1 unspecified atom stereocenters. The topological polar surface area (TPSA) is 26.3 Å². The fourth-order valence-corrected chi connectivity index (χ4v) is 1.08. The molecule has 1 atom stereocenters. The molecule has 70 valence electrons. The summed E-state index contributed by atoms with van der Waals surface area (Å²) in [7, 11) is 1.38. The van der Waals surface area contributed by atoms with E-state index in [-0.39, 0.29) is 5.02 Å². The summed E-state index contributed by atoms with van der Waals surface area (Å²) in [5.74, 6) is -0.553. The van der Waals surface area contributed by atoms with Crippen molar-refractivity contribution >= 4 is 17.9 Å². The van der Waals surface area contributed by atoms with Gasteiger partial charge in [-0.25, -0.2) is 4.39 Å². The minimum absolute atomic E-state index is 0.0319. The summed E-state index contributed by atoms with van der Waals surface area (Å²) in [4.78, 5) is 10.5. The molecule has 1 aromatic rings. The molecule has 1 aromatic carbocycles. The van der Waals surface area contributed by atoms with Crippen molar-refractivity contribution in [3.63, 3.8) is 0 Å². The van der Waals surface area contributed by atoms with Crippen LogP contribution in [-0.2, 0) is 9.53 Å². The number of rotatable bonds is 3. The lowest BCUT2D eigenvalue weighted by atomic mass is 10.1. The molecule has 0 radical (unpaired) electrons. The molecule has 2 nitrogen and oxygen atoms in total. The first-order valence-corrected chi connectivity index (χ1v) is 4.00. The first kappa shape index (κ1) is 10.2. The van der Waals surface area contributed by atoms with Crippen molar-refractivity contribution in [1.29, 1.82) is 0 Å². The summed E-state index contributed by atoms with van der Waals surface area (Å²) in [6, 6.07) is 4.13. The normalized spacial score (nSPS) is 12.5. The molecule has 1 rings (SSSR count). The maximum Gasteiger partial charge on any atom is 0.153 e. The highest BCUT2D eigenvalue weighted by Gasteiger charge is 2.10. The number of methoxy groups -OCH3 is 1. The summed E-state index contributed by atoms with van der Waals surface area (Å²) in [5.41, 5.74) is 0.458. The van der Waals surface area contributed by atoms with Gasteiger partial charge >= 0.3 is 0 Å². The quantitative estimate of drug-likeness (QED) is 0.704. The number of ether oxygens (including phenoxy) is 1. The van der Waals surface area contributed by atoms with E-state index in [0.29, 0.717) is 11.8 Å². The van der Waals surface area contributed by atoms with E-state index in [1.54, 1.807) is 6.07 Å². The van der Waals surface area contributed by atoms with E-state index >= 15 is 0 Å². The average Bonchev–Trinajstić information content (AvgIpc) is 2.13. The van der Waals surface area contributed by atoms with Crippen molar-refractivity contribution in [2.24, 2.45) is 0 Å². The Morgan fingerprint density at radius 2 is 2.31 bits per heavy atom. The molecule has 4 heteroatoms. The minimum Gasteiger partial charge on any atom is -0.369 e. The first-order valence-electron chi connectivity index (χ1n) is 3.62. The summed E-state index contributed by atoms with van der Waals surface area (Å²) >= 11 is 5.47. The van der Waals surface area contributed by atoms with Gasteiger partial charge in [0.1, 0.15) is 11.9 Å². The summed E-state index contributed by atoms with van der Waals surface area (Å²) in [6.07, 6.45) is -0.130. The Morgan fingerprint density at radius 3 is 2.77 bits per heavy atom. The third kappa shape index (κ3) is 2.26. The molecule has 0 fully saturated rings. The minimum atomic E-state index is -0.730. The predicted octanol–water partition coefficient (Wildman–Crippen LogP) is 2.37. The largest absolute Gasteiger partial charge is 0.369 e. The molecule has 0 aliphatic heterocycles. The average molecular weight is 203 g/mol. The number of hydrogen-bond donors (Lipinski definition) is 0. The lowest BCUT2D eigenvalue weighted by molar-refractivity contribution is -0.116.